The Morgan fingerprint density at radius 2 is 1.95 bits per heavy atom. The van der Waals surface area contributed by atoms with E-state index in [1.54, 1.807) is 13.2 Å². The quantitative estimate of drug-likeness (QED) is 0.838. The Hall–Kier alpha value is -1.58. The first-order chi connectivity index (χ1) is 9.35. The maximum Gasteiger partial charge on any atom is 0.352 e. The van der Waals surface area contributed by atoms with E-state index >= 15 is 0 Å². The highest BCUT2D eigenvalue weighted by molar-refractivity contribution is 6.02. The Bertz CT molecular complexity index is 522. The highest BCUT2D eigenvalue weighted by atomic mass is 16.4. The fraction of sp³-hybridized carbons (Fsp3) is 0.625. The van der Waals surface area contributed by atoms with Gasteiger partial charge in [-0.25, -0.2) is 4.79 Å². The number of carboxylic acid groups (broad SMARTS) is 1. The summed E-state index contributed by atoms with van der Waals surface area (Å²) in [4.78, 5) is 24.0. The summed E-state index contributed by atoms with van der Waals surface area (Å²) in [6, 6.07) is 1.52. The number of ketones is 1. The minimum Gasteiger partial charge on any atom is -0.477 e. The molecule has 1 aliphatic carbocycles. The monoisotopic (exact) mass is 277 g/mol. The molecule has 0 aromatic carbocycles. The number of aryl methyl sites for hydroxylation is 1. The molecule has 1 aromatic heterocycles. The van der Waals surface area contributed by atoms with Crippen LogP contribution in [0.4, 0.5) is 0 Å². The van der Waals surface area contributed by atoms with Crippen LogP contribution in [0.3, 0.4) is 0 Å². The lowest BCUT2D eigenvalue weighted by Crippen LogP contribution is -2.29. The minimum absolute atomic E-state index is 0.131. The number of aromatic nitrogens is 1. The molecule has 4 nitrogen and oxygen atoms in total. The summed E-state index contributed by atoms with van der Waals surface area (Å²) < 4.78 is 1.52. The van der Waals surface area contributed by atoms with Crippen molar-refractivity contribution in [2.24, 2.45) is 18.4 Å². The fourth-order valence-electron chi connectivity index (χ4n) is 3.56. The lowest BCUT2D eigenvalue weighted by molar-refractivity contribution is 0.0686. The smallest absolute Gasteiger partial charge is 0.352 e. The number of carboxylic acids is 1. The van der Waals surface area contributed by atoms with Gasteiger partial charge < -0.3 is 9.67 Å². The van der Waals surface area contributed by atoms with Gasteiger partial charge in [0.15, 0.2) is 5.78 Å². The number of Topliss-reactive ketones (excluding diaryl/α,β-unsaturated/α-hetero) is 1. The zero-order valence-electron chi connectivity index (χ0n) is 12.5. The zero-order chi connectivity index (χ0) is 14.9. The summed E-state index contributed by atoms with van der Waals surface area (Å²) in [5.41, 5.74) is 0.448. The topological polar surface area (TPSA) is 59.3 Å². The van der Waals surface area contributed by atoms with Gasteiger partial charge in [-0.1, -0.05) is 26.7 Å². The average Bonchev–Trinajstić information content (AvgIpc) is 2.95. The number of aromatic carboxylic acids is 1. The first-order valence-electron chi connectivity index (χ1n) is 7.30. The molecule has 1 heterocycles. The van der Waals surface area contributed by atoms with Crippen molar-refractivity contribution in [3.8, 4) is 0 Å². The second kappa shape index (κ2) is 5.43. The van der Waals surface area contributed by atoms with Crippen LogP contribution in [0, 0.1) is 11.3 Å². The van der Waals surface area contributed by atoms with E-state index in [1.807, 2.05) is 0 Å². The van der Waals surface area contributed by atoms with Crippen LogP contribution in [0.25, 0.3) is 0 Å². The number of carbonyl (C=O) groups is 2. The van der Waals surface area contributed by atoms with Gasteiger partial charge in [-0.15, -0.1) is 0 Å². The fourth-order valence-corrected chi connectivity index (χ4v) is 3.56. The highest BCUT2D eigenvalue weighted by Crippen LogP contribution is 2.45. The standard InChI is InChI=1S/C16H23NO3/c1-11(2)9-16(6-4-5-7-16)14(18)12-8-13(15(19)20)17(3)10-12/h8,10-11H,4-7,9H2,1-3H3,(H,19,20). The van der Waals surface area contributed by atoms with E-state index in [0.29, 0.717) is 11.5 Å². The average molecular weight is 277 g/mol. The van der Waals surface area contributed by atoms with E-state index in [4.69, 9.17) is 5.11 Å². The molecule has 0 unspecified atom stereocenters. The van der Waals surface area contributed by atoms with E-state index in [1.165, 1.54) is 10.6 Å². The first-order valence-corrected chi connectivity index (χ1v) is 7.30. The number of nitrogens with zero attached hydrogens (tertiary/aromatic N) is 1. The molecule has 0 spiro atoms. The molecule has 0 atom stereocenters. The lowest BCUT2D eigenvalue weighted by atomic mass is 9.73. The third kappa shape index (κ3) is 2.65. The number of rotatable bonds is 5. The predicted molar refractivity (Wildman–Crippen MR) is 77.1 cm³/mol. The molecular formula is C16H23NO3. The van der Waals surface area contributed by atoms with E-state index in [0.717, 1.165) is 32.1 Å². The van der Waals surface area contributed by atoms with E-state index < -0.39 is 5.97 Å². The molecule has 1 aliphatic rings. The maximum atomic E-state index is 12.9. The van der Waals surface area contributed by atoms with Crippen molar-refractivity contribution in [3.05, 3.63) is 23.5 Å². The van der Waals surface area contributed by atoms with Crippen molar-refractivity contribution in [1.82, 2.24) is 4.57 Å². The van der Waals surface area contributed by atoms with Crippen molar-refractivity contribution in [2.45, 2.75) is 46.0 Å². The molecule has 2 rings (SSSR count). The zero-order valence-corrected chi connectivity index (χ0v) is 12.5. The van der Waals surface area contributed by atoms with E-state index in [-0.39, 0.29) is 16.9 Å². The molecule has 0 amide bonds. The molecule has 1 aromatic rings. The molecular weight excluding hydrogens is 254 g/mol. The molecule has 0 saturated heterocycles. The van der Waals surface area contributed by atoms with Gasteiger partial charge in [0.25, 0.3) is 0 Å². The summed E-state index contributed by atoms with van der Waals surface area (Å²) in [6.45, 7) is 4.28. The van der Waals surface area contributed by atoms with Crippen molar-refractivity contribution in [1.29, 1.82) is 0 Å². The van der Waals surface area contributed by atoms with Crippen LogP contribution in [0.15, 0.2) is 12.3 Å². The Balaban J connectivity index is 2.33. The molecule has 0 aliphatic heterocycles. The Morgan fingerprint density at radius 3 is 2.40 bits per heavy atom. The molecule has 0 bridgehead atoms. The van der Waals surface area contributed by atoms with Crippen LogP contribution in [0.1, 0.15) is 66.8 Å². The van der Waals surface area contributed by atoms with Crippen molar-refractivity contribution in [3.63, 3.8) is 0 Å². The molecule has 1 fully saturated rings. The second-order valence-corrected chi connectivity index (χ2v) is 6.44. The SMILES string of the molecule is CC(C)CC1(C(=O)c2cc(C(=O)O)n(C)c2)CCCC1. The third-order valence-corrected chi connectivity index (χ3v) is 4.33. The van der Waals surface area contributed by atoms with Gasteiger partial charge in [0.05, 0.1) is 0 Å². The van der Waals surface area contributed by atoms with Gasteiger partial charge in [-0.2, -0.15) is 0 Å². The van der Waals surface area contributed by atoms with Gasteiger partial charge in [0.2, 0.25) is 0 Å². The molecule has 1 saturated carbocycles. The van der Waals surface area contributed by atoms with E-state index in [9.17, 15) is 9.59 Å². The highest BCUT2D eigenvalue weighted by Gasteiger charge is 2.42. The van der Waals surface area contributed by atoms with Gasteiger partial charge >= 0.3 is 5.97 Å². The molecule has 0 radical (unpaired) electrons. The molecule has 110 valence electrons. The van der Waals surface area contributed by atoms with Crippen LogP contribution in [-0.4, -0.2) is 21.4 Å². The Morgan fingerprint density at radius 1 is 1.35 bits per heavy atom. The second-order valence-electron chi connectivity index (χ2n) is 6.44. The number of hydrogen-bond acceptors (Lipinski definition) is 2. The van der Waals surface area contributed by atoms with Crippen LogP contribution in [-0.2, 0) is 7.05 Å². The van der Waals surface area contributed by atoms with Crippen LogP contribution < -0.4 is 0 Å². The van der Waals surface area contributed by atoms with Gasteiger partial charge in [0.1, 0.15) is 5.69 Å². The summed E-state index contributed by atoms with van der Waals surface area (Å²) in [5.74, 6) is -0.387. The van der Waals surface area contributed by atoms with Gasteiger partial charge in [-0.05, 0) is 31.2 Å². The van der Waals surface area contributed by atoms with Gasteiger partial charge in [0, 0.05) is 24.2 Å². The Kier molecular flexibility index (Phi) is 4.02. The maximum absolute atomic E-state index is 12.9. The van der Waals surface area contributed by atoms with E-state index in [2.05, 4.69) is 13.8 Å². The molecule has 20 heavy (non-hydrogen) atoms. The largest absolute Gasteiger partial charge is 0.477 e. The lowest BCUT2D eigenvalue weighted by Gasteiger charge is -2.29. The first kappa shape index (κ1) is 14.8. The van der Waals surface area contributed by atoms with Crippen LogP contribution in [0.2, 0.25) is 0 Å². The minimum atomic E-state index is -0.990. The van der Waals surface area contributed by atoms with Gasteiger partial charge in [-0.3, -0.25) is 4.79 Å². The Labute approximate surface area is 119 Å². The summed E-state index contributed by atoms with van der Waals surface area (Å²) in [5, 5.41) is 9.10. The summed E-state index contributed by atoms with van der Waals surface area (Å²) >= 11 is 0. The van der Waals surface area contributed by atoms with Crippen LogP contribution in [0.5, 0.6) is 0 Å². The predicted octanol–water partition coefficient (Wildman–Crippen LogP) is 3.51. The number of carbonyl (C=O) groups excluding carboxylic acids is 1. The van der Waals surface area contributed by atoms with Crippen molar-refractivity contribution < 1.29 is 14.7 Å². The van der Waals surface area contributed by atoms with Crippen LogP contribution >= 0.6 is 0 Å². The molecule has 4 heteroatoms. The normalized spacial score (nSPS) is 17.6. The number of hydrogen-bond donors (Lipinski definition) is 1. The third-order valence-electron chi connectivity index (χ3n) is 4.33. The van der Waals surface area contributed by atoms with Crippen molar-refractivity contribution in [2.75, 3.05) is 0 Å². The molecule has 1 N–H and O–H groups in total. The van der Waals surface area contributed by atoms with Crippen molar-refractivity contribution >= 4 is 11.8 Å². The summed E-state index contributed by atoms with van der Waals surface area (Å²) in [6.07, 6.45) is 6.60. The summed E-state index contributed by atoms with van der Waals surface area (Å²) in [7, 11) is 1.67.